The van der Waals surface area contributed by atoms with Crippen molar-refractivity contribution in [2.45, 2.75) is 18.4 Å². The van der Waals surface area contributed by atoms with Crippen LogP contribution in [-0.2, 0) is 16.8 Å². The molecule has 1 N–H and O–H groups in total. The first-order chi connectivity index (χ1) is 10.1. The molecule has 1 aromatic carbocycles. The quantitative estimate of drug-likeness (QED) is 0.737. The molecule has 1 amide bonds. The van der Waals surface area contributed by atoms with Crippen molar-refractivity contribution < 1.29 is 24.2 Å². The van der Waals surface area contributed by atoms with E-state index in [-0.39, 0.29) is 18.0 Å². The Morgan fingerprint density at radius 2 is 2.19 bits per heavy atom. The number of carbonyl (C=O) groups is 2. The molecule has 108 valence electrons. The summed E-state index contributed by atoms with van der Waals surface area (Å²) in [7, 11) is 0. The maximum atomic E-state index is 11.6. The average Bonchev–Trinajstić information content (AvgIpc) is 3.02. The van der Waals surface area contributed by atoms with Gasteiger partial charge < -0.3 is 14.6 Å². The van der Waals surface area contributed by atoms with Crippen LogP contribution in [-0.4, -0.2) is 35.2 Å². The average molecular weight is 287 g/mol. The van der Waals surface area contributed by atoms with Gasteiger partial charge in [0.25, 0.3) is 0 Å². The van der Waals surface area contributed by atoms with Crippen LogP contribution in [0.1, 0.15) is 27.9 Å². The van der Waals surface area contributed by atoms with Crippen LogP contribution in [0.2, 0.25) is 0 Å². The van der Waals surface area contributed by atoms with Crippen molar-refractivity contribution in [2.75, 3.05) is 13.2 Å². The summed E-state index contributed by atoms with van der Waals surface area (Å²) >= 11 is 0. The van der Waals surface area contributed by atoms with Crippen molar-refractivity contribution in [1.29, 1.82) is 0 Å². The Hall–Kier alpha value is -2.50. The monoisotopic (exact) mass is 287 g/mol. The van der Waals surface area contributed by atoms with E-state index in [9.17, 15) is 9.59 Å². The van der Waals surface area contributed by atoms with E-state index in [1.54, 1.807) is 12.3 Å². The molecule has 1 spiro atoms. The van der Waals surface area contributed by atoms with Gasteiger partial charge in [-0.3, -0.25) is 4.90 Å². The molecule has 4 rings (SSSR count). The van der Waals surface area contributed by atoms with E-state index in [0.717, 1.165) is 16.9 Å². The second-order valence-corrected chi connectivity index (χ2v) is 5.53. The Morgan fingerprint density at radius 1 is 1.33 bits per heavy atom. The van der Waals surface area contributed by atoms with Gasteiger partial charge in [0, 0.05) is 23.9 Å². The number of hydrogen-bond donors (Lipinski definition) is 1. The fourth-order valence-corrected chi connectivity index (χ4v) is 3.23. The molecule has 3 heterocycles. The third-order valence-corrected chi connectivity index (χ3v) is 4.46. The highest BCUT2D eigenvalue weighted by atomic mass is 16.5. The molecule has 3 aliphatic rings. The van der Waals surface area contributed by atoms with E-state index < -0.39 is 6.09 Å². The van der Waals surface area contributed by atoms with Gasteiger partial charge in [-0.05, 0) is 12.5 Å². The molecule has 0 saturated heterocycles. The van der Waals surface area contributed by atoms with E-state index in [4.69, 9.17) is 14.6 Å². The summed E-state index contributed by atoms with van der Waals surface area (Å²) in [6.45, 7) is 1.15. The van der Waals surface area contributed by atoms with Gasteiger partial charge in [0.05, 0.1) is 11.0 Å². The van der Waals surface area contributed by atoms with Gasteiger partial charge in [-0.1, -0.05) is 12.1 Å². The maximum Gasteiger partial charge on any atom is 0.411 e. The first-order valence-corrected chi connectivity index (χ1v) is 6.76. The van der Waals surface area contributed by atoms with Crippen molar-refractivity contribution >= 4 is 12.1 Å². The van der Waals surface area contributed by atoms with Gasteiger partial charge in [-0.15, -0.1) is 0 Å². The number of carboxylic acid groups (broad SMARTS) is 1. The summed E-state index contributed by atoms with van der Waals surface area (Å²) in [6, 6.07) is 3.67. The van der Waals surface area contributed by atoms with Crippen molar-refractivity contribution in [3.05, 3.63) is 41.1 Å². The Morgan fingerprint density at radius 3 is 2.90 bits per heavy atom. The predicted molar refractivity (Wildman–Crippen MR) is 71.2 cm³/mol. The van der Waals surface area contributed by atoms with E-state index in [0.29, 0.717) is 25.1 Å². The summed E-state index contributed by atoms with van der Waals surface area (Å²) in [5.74, 6) is 0.417. The van der Waals surface area contributed by atoms with Crippen LogP contribution in [0.4, 0.5) is 4.79 Å². The number of rotatable bonds is 0. The smallest absolute Gasteiger partial charge is 0.411 e. The summed E-state index contributed by atoms with van der Waals surface area (Å²) in [5.41, 5.74) is 2.09. The zero-order valence-corrected chi connectivity index (χ0v) is 11.2. The van der Waals surface area contributed by atoms with Crippen molar-refractivity contribution in [3.63, 3.8) is 0 Å². The predicted octanol–water partition coefficient (Wildman–Crippen LogP) is 1.88. The fourth-order valence-electron chi connectivity index (χ4n) is 3.23. The number of cyclic esters (lactones) is 1. The molecule has 3 aliphatic heterocycles. The number of ether oxygens (including phenoxy) is 2. The Bertz CT molecular complexity index is 696. The first kappa shape index (κ1) is 12.3. The van der Waals surface area contributed by atoms with Crippen LogP contribution in [0.15, 0.2) is 24.4 Å². The lowest BCUT2D eigenvalue weighted by atomic mass is 9.77. The molecule has 0 saturated carbocycles. The number of carbonyl (C=O) groups excluding carboxylic acids is 1. The van der Waals surface area contributed by atoms with Crippen LogP contribution in [0, 0.1) is 0 Å². The SMILES string of the molecule is O=C1OCc2c1ccc1c2OCC12C=CN(C(=O)O)CC2. The fraction of sp³-hybridized carbons (Fsp3) is 0.333. The lowest BCUT2D eigenvalue weighted by Gasteiger charge is -2.31. The molecular formula is C15H13NO5. The molecule has 1 unspecified atom stereocenters. The van der Waals surface area contributed by atoms with Gasteiger partial charge in [-0.25, -0.2) is 9.59 Å². The van der Waals surface area contributed by atoms with Crippen LogP contribution in [0.5, 0.6) is 5.75 Å². The summed E-state index contributed by atoms with van der Waals surface area (Å²) in [6.07, 6.45) is 3.20. The molecule has 0 aliphatic carbocycles. The van der Waals surface area contributed by atoms with Gasteiger partial charge in [0.15, 0.2) is 0 Å². The lowest BCUT2D eigenvalue weighted by Crippen LogP contribution is -2.38. The van der Waals surface area contributed by atoms with Crippen LogP contribution < -0.4 is 4.74 Å². The zero-order valence-electron chi connectivity index (χ0n) is 11.2. The van der Waals surface area contributed by atoms with E-state index in [1.165, 1.54) is 4.90 Å². The van der Waals surface area contributed by atoms with Crippen LogP contribution >= 0.6 is 0 Å². The first-order valence-electron chi connectivity index (χ1n) is 6.76. The highest BCUT2D eigenvalue weighted by Gasteiger charge is 2.43. The Kier molecular flexibility index (Phi) is 2.34. The largest absolute Gasteiger partial charge is 0.492 e. The molecule has 0 bridgehead atoms. The molecule has 0 aromatic heterocycles. The van der Waals surface area contributed by atoms with E-state index >= 15 is 0 Å². The van der Waals surface area contributed by atoms with Crippen LogP contribution in [0.3, 0.4) is 0 Å². The number of amides is 1. The van der Waals surface area contributed by atoms with E-state index in [1.807, 2.05) is 12.1 Å². The highest BCUT2D eigenvalue weighted by Crippen LogP contribution is 2.47. The highest BCUT2D eigenvalue weighted by molar-refractivity contribution is 5.94. The van der Waals surface area contributed by atoms with E-state index in [2.05, 4.69) is 0 Å². The van der Waals surface area contributed by atoms with Crippen LogP contribution in [0.25, 0.3) is 0 Å². The standard InChI is InChI=1S/C15H13NO5/c17-13-9-1-2-11-12(10(9)7-20-13)21-8-15(11)3-5-16(6-4-15)14(18)19/h1-3,5H,4,6-8H2,(H,18,19). The number of nitrogens with zero attached hydrogens (tertiary/aromatic N) is 1. The zero-order chi connectivity index (χ0) is 14.6. The lowest BCUT2D eigenvalue weighted by molar-refractivity contribution is 0.0534. The third kappa shape index (κ3) is 1.59. The molecule has 0 radical (unpaired) electrons. The van der Waals surface area contributed by atoms with Gasteiger partial charge in [0.1, 0.15) is 19.0 Å². The minimum atomic E-state index is -0.951. The topological polar surface area (TPSA) is 76.1 Å². The van der Waals surface area contributed by atoms with Crippen molar-refractivity contribution in [1.82, 2.24) is 4.90 Å². The van der Waals surface area contributed by atoms with Crippen molar-refractivity contribution in [2.24, 2.45) is 0 Å². The molecule has 1 atom stereocenters. The molecule has 21 heavy (non-hydrogen) atoms. The summed E-state index contributed by atoms with van der Waals surface area (Å²) < 4.78 is 10.9. The minimum absolute atomic E-state index is 0.248. The summed E-state index contributed by atoms with van der Waals surface area (Å²) in [4.78, 5) is 23.8. The molecule has 0 fully saturated rings. The van der Waals surface area contributed by atoms with Gasteiger partial charge >= 0.3 is 12.1 Å². The number of benzene rings is 1. The minimum Gasteiger partial charge on any atom is -0.492 e. The Labute approximate surface area is 120 Å². The second-order valence-electron chi connectivity index (χ2n) is 5.53. The number of hydrogen-bond acceptors (Lipinski definition) is 4. The summed E-state index contributed by atoms with van der Waals surface area (Å²) in [5, 5.41) is 9.01. The molecule has 1 aromatic rings. The maximum absolute atomic E-state index is 11.6. The second kappa shape index (κ2) is 4.00. The normalized spacial score (nSPS) is 25.5. The molecular weight excluding hydrogens is 274 g/mol. The molecule has 6 nitrogen and oxygen atoms in total. The van der Waals surface area contributed by atoms with Crippen molar-refractivity contribution in [3.8, 4) is 5.75 Å². The molecule has 6 heteroatoms. The number of fused-ring (bicyclic) bond motifs is 4. The Balaban J connectivity index is 1.77. The third-order valence-electron chi connectivity index (χ3n) is 4.46. The number of esters is 1. The van der Waals surface area contributed by atoms with Gasteiger partial charge in [0.2, 0.25) is 0 Å². The van der Waals surface area contributed by atoms with Gasteiger partial charge in [-0.2, -0.15) is 0 Å².